The highest BCUT2D eigenvalue weighted by molar-refractivity contribution is 5.22. The normalized spacial score (nSPS) is 10.9. The summed E-state index contributed by atoms with van der Waals surface area (Å²) in [5, 5.41) is 44.7. The molecule has 0 saturated heterocycles. The quantitative estimate of drug-likeness (QED) is 0.497. The van der Waals surface area contributed by atoms with Gasteiger partial charge in [-0.25, -0.2) is 0 Å². The van der Waals surface area contributed by atoms with Crippen LogP contribution in [0.3, 0.4) is 0 Å². The summed E-state index contributed by atoms with van der Waals surface area (Å²) in [6.45, 7) is -1.31. The summed E-state index contributed by atoms with van der Waals surface area (Å²) < 4.78 is 5.21. The largest absolute Gasteiger partial charge is 0.486 e. The molecule has 0 saturated carbocycles. The van der Waals surface area contributed by atoms with Gasteiger partial charge >= 0.3 is 0 Å². The van der Waals surface area contributed by atoms with Crippen LogP contribution >= 0.6 is 0 Å². The van der Waals surface area contributed by atoms with E-state index in [2.05, 4.69) is 0 Å². The van der Waals surface area contributed by atoms with E-state index in [0.29, 0.717) is 11.3 Å². The molecule has 0 unspecified atom stereocenters. The average Bonchev–Trinajstić information content (AvgIpc) is 2.67. The fourth-order valence-electron chi connectivity index (χ4n) is 1.80. The maximum atomic E-state index is 9.60. The van der Waals surface area contributed by atoms with Crippen LogP contribution in [0.25, 0.3) is 0 Å². The van der Waals surface area contributed by atoms with Crippen LogP contribution in [-0.4, -0.2) is 58.1 Å². The third-order valence-electron chi connectivity index (χ3n) is 3.29. The molecule has 0 aliphatic rings. The summed E-state index contributed by atoms with van der Waals surface area (Å²) in [6, 6.07) is 17.7. The van der Waals surface area contributed by atoms with Crippen LogP contribution in [0, 0.1) is 0 Å². The number of hydrogen-bond donors (Lipinski definition) is 5. The molecular weight excluding hydrogens is 312 g/mol. The Labute approximate surface area is 141 Å². The second-order valence-corrected chi connectivity index (χ2v) is 5.13. The van der Waals surface area contributed by atoms with Gasteiger partial charge in [-0.15, -0.1) is 0 Å². The maximum absolute atomic E-state index is 9.60. The number of para-hydroxylation sites is 1. The first-order valence-electron chi connectivity index (χ1n) is 7.52. The molecule has 6 heteroatoms. The number of ether oxygens (including phenoxy) is 1. The molecule has 0 amide bonds. The van der Waals surface area contributed by atoms with Gasteiger partial charge < -0.3 is 30.3 Å². The monoisotopic (exact) mass is 336 g/mol. The van der Waals surface area contributed by atoms with Gasteiger partial charge in [0, 0.05) is 0 Å². The lowest BCUT2D eigenvalue weighted by atomic mass is 9.96. The molecule has 0 aromatic heterocycles. The van der Waals surface area contributed by atoms with Gasteiger partial charge in [0.15, 0.2) is 0 Å². The Balaban J connectivity index is 0.000000240. The lowest BCUT2D eigenvalue weighted by molar-refractivity contribution is -0.0598. The Bertz CT molecular complexity index is 538. The van der Waals surface area contributed by atoms with Gasteiger partial charge in [0.1, 0.15) is 17.5 Å². The molecule has 5 N–H and O–H groups in total. The van der Waals surface area contributed by atoms with E-state index in [1.807, 2.05) is 18.2 Å². The molecule has 2 aromatic rings. The van der Waals surface area contributed by atoms with Crippen molar-refractivity contribution in [3.63, 3.8) is 0 Å². The highest BCUT2D eigenvalue weighted by atomic mass is 16.5. The summed E-state index contributed by atoms with van der Waals surface area (Å²) in [5.41, 5.74) is -0.989. The molecule has 0 spiro atoms. The number of aliphatic hydroxyl groups excluding tert-OH is 4. The van der Waals surface area contributed by atoms with Crippen molar-refractivity contribution >= 4 is 0 Å². The number of rotatable bonds is 7. The van der Waals surface area contributed by atoms with Crippen molar-refractivity contribution < 1.29 is 30.3 Å². The van der Waals surface area contributed by atoms with Crippen LogP contribution < -0.4 is 4.74 Å². The fourth-order valence-corrected chi connectivity index (χ4v) is 1.80. The van der Waals surface area contributed by atoms with Gasteiger partial charge in [0.2, 0.25) is 0 Å². The van der Waals surface area contributed by atoms with Crippen molar-refractivity contribution in [1.82, 2.24) is 0 Å². The van der Waals surface area contributed by atoms with E-state index in [4.69, 9.17) is 25.2 Å². The molecule has 0 heterocycles. The first kappa shape index (κ1) is 20.1. The summed E-state index contributed by atoms with van der Waals surface area (Å²) in [5.74, 6) is 0.658. The predicted octanol–water partition coefficient (Wildman–Crippen LogP) is 0.277. The van der Waals surface area contributed by atoms with E-state index in [0.717, 1.165) is 0 Å². The number of aliphatic hydroxyl groups is 5. The molecular formula is C18H24O6. The van der Waals surface area contributed by atoms with Crippen molar-refractivity contribution in [2.45, 2.75) is 11.7 Å². The lowest BCUT2D eigenvalue weighted by Crippen LogP contribution is -2.34. The average molecular weight is 336 g/mol. The number of benzene rings is 2. The first-order chi connectivity index (χ1) is 11.6. The van der Waals surface area contributed by atoms with Crippen molar-refractivity contribution in [1.29, 1.82) is 0 Å². The molecule has 24 heavy (non-hydrogen) atoms. The van der Waals surface area contributed by atoms with E-state index in [9.17, 15) is 5.11 Å². The topological polar surface area (TPSA) is 110 Å². The summed E-state index contributed by atoms with van der Waals surface area (Å²) in [6.07, 6.45) is -0.521. The summed E-state index contributed by atoms with van der Waals surface area (Å²) in [7, 11) is 0. The Hall–Kier alpha value is -1.96. The van der Waals surface area contributed by atoms with Gasteiger partial charge in [0.05, 0.1) is 26.4 Å². The minimum absolute atomic E-state index is 0.175. The van der Waals surface area contributed by atoms with Gasteiger partial charge in [0.25, 0.3) is 0 Å². The Morgan fingerprint density at radius 2 is 1.21 bits per heavy atom. The van der Waals surface area contributed by atoms with Crippen LogP contribution in [0.2, 0.25) is 0 Å². The van der Waals surface area contributed by atoms with Crippen LogP contribution in [0.4, 0.5) is 0 Å². The Morgan fingerprint density at radius 3 is 1.62 bits per heavy atom. The van der Waals surface area contributed by atoms with E-state index in [1.54, 1.807) is 42.5 Å². The van der Waals surface area contributed by atoms with Gasteiger partial charge in [-0.05, 0) is 17.7 Å². The Kier molecular flexibility index (Phi) is 8.99. The van der Waals surface area contributed by atoms with Crippen LogP contribution in [-0.2, 0) is 5.60 Å². The molecule has 0 fully saturated rings. The van der Waals surface area contributed by atoms with Crippen molar-refractivity contribution in [2.75, 3.05) is 26.4 Å². The zero-order valence-corrected chi connectivity index (χ0v) is 13.3. The second-order valence-electron chi connectivity index (χ2n) is 5.13. The minimum Gasteiger partial charge on any atom is -0.486 e. The number of hydrogen-bond acceptors (Lipinski definition) is 6. The SMILES string of the molecule is OCC(CO)Oc1ccccc1.OCC(O)(CO)c1ccccc1. The van der Waals surface area contributed by atoms with E-state index in [-0.39, 0.29) is 13.2 Å². The fraction of sp³-hybridized carbons (Fsp3) is 0.333. The highest BCUT2D eigenvalue weighted by Gasteiger charge is 2.26. The van der Waals surface area contributed by atoms with Gasteiger partial charge in [-0.3, -0.25) is 0 Å². The molecule has 0 radical (unpaired) electrons. The smallest absolute Gasteiger partial charge is 0.145 e. The molecule has 0 aliphatic carbocycles. The van der Waals surface area contributed by atoms with Crippen molar-refractivity contribution in [2.24, 2.45) is 0 Å². The molecule has 132 valence electrons. The van der Waals surface area contributed by atoms with Gasteiger partial charge in [-0.1, -0.05) is 48.5 Å². The third-order valence-corrected chi connectivity index (χ3v) is 3.29. The second kappa shape index (κ2) is 10.7. The van der Waals surface area contributed by atoms with E-state index >= 15 is 0 Å². The third kappa shape index (κ3) is 6.27. The summed E-state index contributed by atoms with van der Waals surface area (Å²) >= 11 is 0. The maximum Gasteiger partial charge on any atom is 0.145 e. The molecule has 6 nitrogen and oxygen atoms in total. The molecule has 2 aromatic carbocycles. The Morgan fingerprint density at radius 1 is 0.750 bits per heavy atom. The predicted molar refractivity (Wildman–Crippen MR) is 89.5 cm³/mol. The van der Waals surface area contributed by atoms with Gasteiger partial charge in [-0.2, -0.15) is 0 Å². The van der Waals surface area contributed by atoms with Crippen LogP contribution in [0.1, 0.15) is 5.56 Å². The first-order valence-corrected chi connectivity index (χ1v) is 7.52. The highest BCUT2D eigenvalue weighted by Crippen LogP contribution is 2.18. The van der Waals surface area contributed by atoms with E-state index in [1.165, 1.54) is 0 Å². The lowest BCUT2D eigenvalue weighted by Gasteiger charge is -2.23. The van der Waals surface area contributed by atoms with Crippen LogP contribution in [0.5, 0.6) is 5.75 Å². The van der Waals surface area contributed by atoms with Crippen molar-refractivity contribution in [3.05, 3.63) is 66.2 Å². The zero-order valence-electron chi connectivity index (χ0n) is 13.3. The molecule has 0 bridgehead atoms. The molecule has 2 rings (SSSR count). The van der Waals surface area contributed by atoms with Crippen LogP contribution in [0.15, 0.2) is 60.7 Å². The molecule has 0 atom stereocenters. The standard InChI is InChI=1S/2C9H12O3/c10-6-9(7-11)12-8-4-2-1-3-5-8;10-6-9(12,7-11)8-4-2-1-3-5-8/h1-5,9-11H,6-7H2;1-5,10-12H,6-7H2. The minimum atomic E-state index is -1.51. The summed E-state index contributed by atoms with van der Waals surface area (Å²) in [4.78, 5) is 0. The molecule has 0 aliphatic heterocycles. The van der Waals surface area contributed by atoms with Crippen molar-refractivity contribution in [3.8, 4) is 5.75 Å². The zero-order chi connectivity index (χ0) is 17.8. The van der Waals surface area contributed by atoms with E-state index < -0.39 is 24.9 Å².